The van der Waals surface area contributed by atoms with E-state index < -0.39 is 11.0 Å². The van der Waals surface area contributed by atoms with Crippen LogP contribution >= 0.6 is 0 Å². The Balaban J connectivity index is 1.80. The van der Waals surface area contributed by atoms with E-state index in [1.165, 1.54) is 12.8 Å². The summed E-state index contributed by atoms with van der Waals surface area (Å²) in [7, 11) is -1.00. The predicted molar refractivity (Wildman–Crippen MR) is 69.1 cm³/mol. The van der Waals surface area contributed by atoms with E-state index in [2.05, 4.69) is 4.31 Å². The number of hydrogen-bond acceptors (Lipinski definition) is 3. The molecule has 0 aromatic heterocycles. The Morgan fingerprint density at radius 1 is 1.39 bits per heavy atom. The summed E-state index contributed by atoms with van der Waals surface area (Å²) in [5.41, 5.74) is 1.01. The maximum Gasteiger partial charge on any atom is 0.331 e. The van der Waals surface area contributed by atoms with E-state index in [1.807, 2.05) is 20.8 Å². The van der Waals surface area contributed by atoms with Crippen molar-refractivity contribution in [3.05, 3.63) is 11.6 Å². The van der Waals surface area contributed by atoms with E-state index in [0.29, 0.717) is 18.6 Å². The van der Waals surface area contributed by atoms with Crippen LogP contribution in [0.1, 0.15) is 33.6 Å². The molecule has 3 rings (SSSR count). The van der Waals surface area contributed by atoms with Gasteiger partial charge in [0.1, 0.15) is 17.6 Å². The fraction of sp³-hybridized carbons (Fsp3) is 0.769. The molecular formula is C13H19NO3S. The molecule has 0 N–H and O–H groups in total. The molecule has 3 aliphatic rings. The molecule has 0 amide bonds. The van der Waals surface area contributed by atoms with Crippen molar-refractivity contribution in [1.82, 2.24) is 4.31 Å². The van der Waals surface area contributed by atoms with Crippen molar-refractivity contribution >= 4 is 17.0 Å². The predicted octanol–water partition coefficient (Wildman–Crippen LogP) is 1.39. The minimum Gasteiger partial charge on any atom is -0.458 e. The van der Waals surface area contributed by atoms with Gasteiger partial charge in [0.15, 0.2) is 0 Å². The van der Waals surface area contributed by atoms with Crippen LogP contribution in [-0.2, 0) is 20.5 Å². The quantitative estimate of drug-likeness (QED) is 0.574. The molecule has 5 heteroatoms. The first-order valence-electron chi connectivity index (χ1n) is 6.47. The molecule has 2 fully saturated rings. The third-order valence-electron chi connectivity index (χ3n) is 3.69. The lowest BCUT2D eigenvalue weighted by Crippen LogP contribution is -2.29. The van der Waals surface area contributed by atoms with Gasteiger partial charge >= 0.3 is 5.97 Å². The lowest BCUT2D eigenvalue weighted by atomic mass is 10.1. The van der Waals surface area contributed by atoms with Crippen molar-refractivity contribution in [2.75, 3.05) is 6.61 Å². The fourth-order valence-corrected chi connectivity index (χ4v) is 4.16. The molecule has 18 heavy (non-hydrogen) atoms. The molecule has 0 bridgehead atoms. The highest BCUT2D eigenvalue weighted by atomic mass is 32.2. The Hall–Kier alpha value is -0.680. The molecule has 0 spiro atoms. The molecule has 4 atom stereocenters. The molecule has 100 valence electrons. The molecule has 1 aliphatic carbocycles. The van der Waals surface area contributed by atoms with E-state index in [-0.39, 0.29) is 16.8 Å². The van der Waals surface area contributed by atoms with Gasteiger partial charge in [-0.25, -0.2) is 13.3 Å². The van der Waals surface area contributed by atoms with Crippen LogP contribution in [0.4, 0.5) is 0 Å². The highest BCUT2D eigenvalue weighted by Gasteiger charge is 2.61. The zero-order valence-electron chi connectivity index (χ0n) is 11.0. The molecular weight excluding hydrogens is 250 g/mol. The van der Waals surface area contributed by atoms with Gasteiger partial charge in [-0.05, 0) is 45.1 Å². The molecule has 0 aromatic rings. The van der Waals surface area contributed by atoms with Crippen molar-refractivity contribution in [2.45, 2.75) is 50.4 Å². The largest absolute Gasteiger partial charge is 0.458 e. The van der Waals surface area contributed by atoms with E-state index in [0.717, 1.165) is 5.57 Å². The topological polar surface area (TPSA) is 46.4 Å². The van der Waals surface area contributed by atoms with Gasteiger partial charge < -0.3 is 4.74 Å². The Bertz CT molecular complexity index is 448. The second kappa shape index (κ2) is 3.90. The Morgan fingerprint density at radius 3 is 2.50 bits per heavy atom. The summed E-state index contributed by atoms with van der Waals surface area (Å²) >= 11 is 0. The maximum absolute atomic E-state index is 12.5. The number of cyclic esters (lactones) is 1. The average Bonchev–Trinajstić information content (AvgIpc) is 3.15. The van der Waals surface area contributed by atoms with Crippen molar-refractivity contribution in [3.8, 4) is 0 Å². The Morgan fingerprint density at radius 2 is 2.06 bits per heavy atom. The Kier molecular flexibility index (Phi) is 2.68. The average molecular weight is 269 g/mol. The third kappa shape index (κ3) is 2.03. The molecule has 1 saturated heterocycles. The first-order chi connectivity index (χ1) is 8.39. The molecule has 1 saturated carbocycles. The number of carbonyl (C=O) groups excluding carboxylic acids is 1. The van der Waals surface area contributed by atoms with Crippen molar-refractivity contribution in [2.24, 2.45) is 5.92 Å². The molecule has 2 aliphatic heterocycles. The second-order valence-electron chi connectivity index (χ2n) is 6.32. The molecule has 0 radical (unpaired) electrons. The maximum atomic E-state index is 12.5. The van der Waals surface area contributed by atoms with Crippen molar-refractivity contribution < 1.29 is 13.7 Å². The molecule has 0 aromatic carbocycles. The number of carbonyl (C=O) groups is 1. The van der Waals surface area contributed by atoms with Crippen LogP contribution in [-0.4, -0.2) is 37.9 Å². The lowest BCUT2D eigenvalue weighted by Gasteiger charge is -2.19. The van der Waals surface area contributed by atoms with Gasteiger partial charge in [0, 0.05) is 12.1 Å². The smallest absolute Gasteiger partial charge is 0.331 e. The van der Waals surface area contributed by atoms with Crippen LogP contribution in [0.5, 0.6) is 0 Å². The van der Waals surface area contributed by atoms with Crippen LogP contribution in [0.2, 0.25) is 0 Å². The van der Waals surface area contributed by atoms with Gasteiger partial charge in [-0.15, -0.1) is 0 Å². The summed E-state index contributed by atoms with van der Waals surface area (Å²) in [4.78, 5) is 11.2. The second-order valence-corrected chi connectivity index (χ2v) is 8.47. The summed E-state index contributed by atoms with van der Waals surface area (Å²) in [6.07, 6.45) is 4.03. The lowest BCUT2D eigenvalue weighted by molar-refractivity contribution is -0.134. The summed E-state index contributed by atoms with van der Waals surface area (Å²) in [6, 6.07) is 0.537. The standard InChI is InChI=1S/C13H19NO3S/c1-13(2,3)18(16)14-11(8-4-5-8)12(14)9-6-10(15)17-7-9/h6,8,11-12H,4-5,7H2,1-3H3/t11-,12+,14?,18-/m0/s1. The molecule has 1 unspecified atom stereocenters. The van der Waals surface area contributed by atoms with Crippen molar-refractivity contribution in [1.29, 1.82) is 0 Å². The monoisotopic (exact) mass is 269 g/mol. The van der Waals surface area contributed by atoms with Gasteiger partial charge in [0.05, 0.1) is 10.8 Å². The minimum atomic E-state index is -1.00. The summed E-state index contributed by atoms with van der Waals surface area (Å²) in [5, 5.41) is 0. The number of ether oxygens (including phenoxy) is 1. The first-order valence-corrected chi connectivity index (χ1v) is 7.58. The van der Waals surface area contributed by atoms with Gasteiger partial charge in [-0.1, -0.05) is 0 Å². The normalized spacial score (nSPS) is 37.2. The number of nitrogens with zero attached hydrogens (tertiary/aromatic N) is 1. The number of rotatable bonds is 3. The highest BCUT2D eigenvalue weighted by molar-refractivity contribution is 7.84. The van der Waals surface area contributed by atoms with Crippen LogP contribution in [0, 0.1) is 5.92 Å². The highest BCUT2D eigenvalue weighted by Crippen LogP contribution is 2.51. The van der Waals surface area contributed by atoms with Gasteiger partial charge in [-0.3, -0.25) is 0 Å². The van der Waals surface area contributed by atoms with Crippen LogP contribution < -0.4 is 0 Å². The van der Waals surface area contributed by atoms with E-state index in [4.69, 9.17) is 4.74 Å². The third-order valence-corrected chi connectivity index (χ3v) is 5.59. The van der Waals surface area contributed by atoms with Crippen LogP contribution in [0.3, 0.4) is 0 Å². The van der Waals surface area contributed by atoms with Gasteiger partial charge in [0.2, 0.25) is 0 Å². The van der Waals surface area contributed by atoms with Gasteiger partial charge in [0.25, 0.3) is 0 Å². The minimum absolute atomic E-state index is 0.170. The van der Waals surface area contributed by atoms with Crippen molar-refractivity contribution in [3.63, 3.8) is 0 Å². The summed E-state index contributed by atoms with van der Waals surface area (Å²) in [6.45, 7) is 6.36. The van der Waals surface area contributed by atoms with E-state index in [1.54, 1.807) is 6.08 Å². The number of hydrogen-bond donors (Lipinski definition) is 0. The number of esters is 1. The van der Waals surface area contributed by atoms with Gasteiger partial charge in [-0.2, -0.15) is 0 Å². The SMILES string of the molecule is CC(C)(C)[S@](=O)N1[C@H](C2=CC(=O)OC2)[C@@H]1C1CC1. The summed E-state index contributed by atoms with van der Waals surface area (Å²) < 4.78 is 19.3. The fourth-order valence-electron chi connectivity index (χ4n) is 2.60. The zero-order valence-corrected chi connectivity index (χ0v) is 11.8. The van der Waals surface area contributed by atoms with E-state index >= 15 is 0 Å². The summed E-state index contributed by atoms with van der Waals surface area (Å²) in [5.74, 6) is 0.408. The Labute approximate surface area is 110 Å². The molecule has 2 heterocycles. The molecule has 4 nitrogen and oxygen atoms in total. The van der Waals surface area contributed by atoms with E-state index in [9.17, 15) is 9.00 Å². The first kappa shape index (κ1) is 12.4. The van der Waals surface area contributed by atoms with Crippen LogP contribution in [0.25, 0.3) is 0 Å². The van der Waals surface area contributed by atoms with Crippen LogP contribution in [0.15, 0.2) is 11.6 Å². The zero-order chi connectivity index (χ0) is 13.1.